The molecule has 2 aromatic heterocycles. The summed E-state index contributed by atoms with van der Waals surface area (Å²) < 4.78 is 13.5. The van der Waals surface area contributed by atoms with Crippen LogP contribution in [0.15, 0.2) is 74.5 Å². The molecule has 1 aliphatic heterocycles. The van der Waals surface area contributed by atoms with E-state index in [1.807, 2.05) is 44.2 Å². The second kappa shape index (κ2) is 8.67. The molecule has 3 aromatic rings. The van der Waals surface area contributed by atoms with Crippen LogP contribution in [-0.4, -0.2) is 28.5 Å². The summed E-state index contributed by atoms with van der Waals surface area (Å²) in [5.41, 5.74) is 4.99. The molecule has 0 N–H and O–H groups in total. The van der Waals surface area contributed by atoms with Gasteiger partial charge in [-0.05, 0) is 68.8 Å². The average Bonchev–Trinajstić information content (AvgIpc) is 3.43. The highest BCUT2D eigenvalue weighted by molar-refractivity contribution is 9.10. The van der Waals surface area contributed by atoms with Crippen LogP contribution < -0.4 is 0 Å². The number of rotatable bonds is 5. The fraction of sp³-hybridized carbons (Fsp3) is 0.200. The van der Waals surface area contributed by atoms with E-state index in [4.69, 9.17) is 9.15 Å². The highest BCUT2D eigenvalue weighted by Crippen LogP contribution is 2.34. The minimum absolute atomic E-state index is 0.243. The summed E-state index contributed by atoms with van der Waals surface area (Å²) in [6, 6.07) is 13.6. The minimum Gasteiger partial charge on any atom is -0.467 e. The topological polar surface area (TPSA) is 64.7 Å². The van der Waals surface area contributed by atoms with E-state index in [0.29, 0.717) is 17.0 Å². The Morgan fingerprint density at radius 3 is 2.59 bits per heavy atom. The van der Waals surface area contributed by atoms with E-state index in [2.05, 4.69) is 20.5 Å². The zero-order valence-electron chi connectivity index (χ0n) is 18.3. The first kappa shape index (κ1) is 21.9. The summed E-state index contributed by atoms with van der Waals surface area (Å²) in [6.07, 6.45) is 3.33. The van der Waals surface area contributed by atoms with Crippen LogP contribution in [0.2, 0.25) is 0 Å². The number of carbonyl (C=O) groups excluding carboxylic acids is 2. The second-order valence-corrected chi connectivity index (χ2v) is 8.54. The van der Waals surface area contributed by atoms with Gasteiger partial charge in [0.2, 0.25) is 0 Å². The van der Waals surface area contributed by atoms with E-state index in [1.165, 1.54) is 7.11 Å². The number of nitrogens with zero attached hydrogens (tertiary/aromatic N) is 2. The number of furan rings is 1. The molecule has 32 heavy (non-hydrogen) atoms. The molecule has 1 aromatic carbocycles. The van der Waals surface area contributed by atoms with Crippen LogP contribution in [0.4, 0.5) is 0 Å². The zero-order valence-corrected chi connectivity index (χ0v) is 19.9. The van der Waals surface area contributed by atoms with Gasteiger partial charge < -0.3 is 18.6 Å². The molecule has 1 amide bonds. The quantitative estimate of drug-likeness (QED) is 0.355. The summed E-state index contributed by atoms with van der Waals surface area (Å²) in [7, 11) is 1.32. The standard InChI is InChI=1S/C25H23BrN2O4/c1-15-11-18(16(2)28(15)20-8-5-7-19(26)13-20)12-22-23(25(30)31-4)17(3)27(24(22)29)14-21-9-6-10-32-21/h5-13H,14H2,1-4H3. The number of amides is 1. The number of allylic oxidation sites excluding steroid dienone is 1. The van der Waals surface area contributed by atoms with E-state index in [1.54, 1.807) is 36.3 Å². The molecule has 0 spiro atoms. The lowest BCUT2D eigenvalue weighted by molar-refractivity contribution is -0.136. The van der Waals surface area contributed by atoms with Crippen molar-refractivity contribution < 1.29 is 18.7 Å². The lowest BCUT2D eigenvalue weighted by Crippen LogP contribution is -2.24. The maximum Gasteiger partial charge on any atom is 0.340 e. The number of hydrogen-bond acceptors (Lipinski definition) is 4. The molecule has 4 rings (SSSR count). The van der Waals surface area contributed by atoms with Crippen molar-refractivity contribution in [1.29, 1.82) is 0 Å². The van der Waals surface area contributed by atoms with Crippen molar-refractivity contribution in [3.63, 3.8) is 0 Å². The molecule has 3 heterocycles. The first-order valence-electron chi connectivity index (χ1n) is 10.1. The molecule has 6 nitrogen and oxygen atoms in total. The van der Waals surface area contributed by atoms with Crippen molar-refractivity contribution in [3.05, 3.63) is 92.8 Å². The van der Waals surface area contributed by atoms with Crippen molar-refractivity contribution in [1.82, 2.24) is 9.47 Å². The first-order valence-corrected chi connectivity index (χ1v) is 10.9. The van der Waals surface area contributed by atoms with E-state index in [9.17, 15) is 9.59 Å². The second-order valence-electron chi connectivity index (χ2n) is 7.62. The SMILES string of the molecule is COC(=O)C1=C(C)N(Cc2ccco2)C(=O)C1=Cc1cc(C)n(-c2cccc(Br)c2)c1C. The minimum atomic E-state index is -0.537. The lowest BCUT2D eigenvalue weighted by Gasteiger charge is -2.16. The van der Waals surface area contributed by atoms with Gasteiger partial charge in [0.1, 0.15) is 5.76 Å². The van der Waals surface area contributed by atoms with Gasteiger partial charge in [0.15, 0.2) is 0 Å². The Balaban J connectivity index is 1.79. The van der Waals surface area contributed by atoms with Gasteiger partial charge in [0.05, 0.1) is 31.1 Å². The van der Waals surface area contributed by atoms with Gasteiger partial charge in [-0.2, -0.15) is 0 Å². The van der Waals surface area contributed by atoms with Gasteiger partial charge >= 0.3 is 5.97 Å². The number of aromatic nitrogens is 1. The fourth-order valence-electron chi connectivity index (χ4n) is 4.08. The number of halogens is 1. The Bertz CT molecular complexity index is 1270. The Hall–Kier alpha value is -3.32. The fourth-order valence-corrected chi connectivity index (χ4v) is 4.47. The molecular weight excluding hydrogens is 472 g/mol. The van der Waals surface area contributed by atoms with Crippen molar-refractivity contribution in [2.45, 2.75) is 27.3 Å². The van der Waals surface area contributed by atoms with E-state index in [0.717, 1.165) is 27.1 Å². The van der Waals surface area contributed by atoms with Crippen LogP contribution in [0, 0.1) is 13.8 Å². The molecule has 164 valence electrons. The van der Waals surface area contributed by atoms with Crippen LogP contribution in [-0.2, 0) is 20.9 Å². The number of esters is 1. The largest absolute Gasteiger partial charge is 0.467 e. The molecule has 0 radical (unpaired) electrons. The predicted molar refractivity (Wildman–Crippen MR) is 125 cm³/mol. The Kier molecular flexibility index (Phi) is 5.93. The van der Waals surface area contributed by atoms with E-state index in [-0.39, 0.29) is 18.0 Å². The molecule has 0 atom stereocenters. The van der Waals surface area contributed by atoms with Crippen LogP contribution in [0.25, 0.3) is 11.8 Å². The molecule has 0 fully saturated rings. The highest BCUT2D eigenvalue weighted by Gasteiger charge is 2.37. The average molecular weight is 495 g/mol. The van der Waals surface area contributed by atoms with Crippen molar-refractivity contribution >= 4 is 33.9 Å². The number of methoxy groups -OCH3 is 1. The summed E-state index contributed by atoms with van der Waals surface area (Å²) >= 11 is 3.52. The lowest BCUT2D eigenvalue weighted by atomic mass is 10.0. The molecule has 0 unspecified atom stereocenters. The van der Waals surface area contributed by atoms with Gasteiger partial charge in [-0.1, -0.05) is 22.0 Å². The first-order chi connectivity index (χ1) is 15.3. The number of ether oxygens (including phenoxy) is 1. The van der Waals surface area contributed by atoms with E-state index >= 15 is 0 Å². The Labute approximate surface area is 194 Å². The van der Waals surface area contributed by atoms with Gasteiger partial charge in [0, 0.05) is 27.2 Å². The van der Waals surface area contributed by atoms with E-state index < -0.39 is 5.97 Å². The third-order valence-electron chi connectivity index (χ3n) is 5.63. The van der Waals surface area contributed by atoms with Gasteiger partial charge in [-0.3, -0.25) is 4.79 Å². The number of benzene rings is 1. The summed E-state index contributed by atoms with van der Waals surface area (Å²) in [6.45, 7) is 6.00. The Morgan fingerprint density at radius 2 is 1.94 bits per heavy atom. The van der Waals surface area contributed by atoms with Crippen LogP contribution in [0.5, 0.6) is 0 Å². The third kappa shape index (κ3) is 3.84. The monoisotopic (exact) mass is 494 g/mol. The zero-order chi connectivity index (χ0) is 23.0. The van der Waals surface area contributed by atoms with Crippen molar-refractivity contribution in [3.8, 4) is 5.69 Å². The summed E-state index contributed by atoms with van der Waals surface area (Å²) in [4.78, 5) is 27.5. The number of hydrogen-bond donors (Lipinski definition) is 0. The van der Waals surface area contributed by atoms with Crippen molar-refractivity contribution in [2.24, 2.45) is 0 Å². The van der Waals surface area contributed by atoms with Crippen LogP contribution in [0.3, 0.4) is 0 Å². The normalized spacial score (nSPS) is 15.2. The molecule has 0 saturated carbocycles. The van der Waals surface area contributed by atoms with Gasteiger partial charge in [-0.15, -0.1) is 0 Å². The Morgan fingerprint density at radius 1 is 1.16 bits per heavy atom. The molecule has 1 aliphatic rings. The predicted octanol–water partition coefficient (Wildman–Crippen LogP) is 5.32. The molecule has 0 saturated heterocycles. The molecule has 0 aliphatic carbocycles. The maximum absolute atomic E-state index is 13.3. The van der Waals surface area contributed by atoms with Crippen molar-refractivity contribution in [2.75, 3.05) is 7.11 Å². The van der Waals surface area contributed by atoms with Gasteiger partial charge in [0.25, 0.3) is 5.91 Å². The smallest absolute Gasteiger partial charge is 0.340 e. The van der Waals surface area contributed by atoms with Crippen LogP contribution in [0.1, 0.15) is 29.6 Å². The molecule has 7 heteroatoms. The van der Waals surface area contributed by atoms with Gasteiger partial charge in [-0.25, -0.2) is 4.79 Å². The highest BCUT2D eigenvalue weighted by atomic mass is 79.9. The third-order valence-corrected chi connectivity index (χ3v) is 6.12. The molecule has 0 bridgehead atoms. The number of carbonyl (C=O) groups is 2. The van der Waals surface area contributed by atoms with Crippen LogP contribution >= 0.6 is 15.9 Å². The summed E-state index contributed by atoms with van der Waals surface area (Å²) in [5.74, 6) is -0.160. The molecular formula is C25H23BrN2O4. The number of aryl methyl sites for hydroxylation is 1. The maximum atomic E-state index is 13.3. The summed E-state index contributed by atoms with van der Waals surface area (Å²) in [5, 5.41) is 0.